The summed E-state index contributed by atoms with van der Waals surface area (Å²) in [6.07, 6.45) is 5.54. The van der Waals surface area contributed by atoms with E-state index in [9.17, 15) is 8.42 Å². The van der Waals surface area contributed by atoms with Crippen LogP contribution in [0.4, 0.5) is 0 Å². The summed E-state index contributed by atoms with van der Waals surface area (Å²) in [6, 6.07) is -0.0315. The first-order valence-corrected chi connectivity index (χ1v) is 7.73. The van der Waals surface area contributed by atoms with E-state index in [0.717, 1.165) is 25.7 Å². The minimum absolute atomic E-state index is 0.0315. The molecule has 0 aromatic rings. The Balaban J connectivity index is 2.49. The second-order valence-electron chi connectivity index (χ2n) is 5.04. The summed E-state index contributed by atoms with van der Waals surface area (Å²) in [5.74, 6) is 0. The number of rotatable bonds is 5. The molecule has 0 saturated heterocycles. The molecule has 1 aliphatic carbocycles. The lowest BCUT2D eigenvalue weighted by Gasteiger charge is -2.24. The SMILES string of the molecule is CC(N)CC(C)NS(=O)(=O)C1CCCCC1. The molecule has 0 radical (unpaired) electrons. The number of nitrogens with two attached hydrogens (primary N) is 1. The van der Waals surface area contributed by atoms with Crippen molar-refractivity contribution in [3.05, 3.63) is 0 Å². The van der Waals surface area contributed by atoms with Gasteiger partial charge < -0.3 is 5.73 Å². The summed E-state index contributed by atoms with van der Waals surface area (Å²) in [7, 11) is -3.13. The van der Waals surface area contributed by atoms with Gasteiger partial charge >= 0.3 is 0 Å². The Labute approximate surface area is 99.0 Å². The van der Waals surface area contributed by atoms with Gasteiger partial charge in [0.05, 0.1) is 5.25 Å². The molecule has 0 aliphatic heterocycles. The van der Waals surface area contributed by atoms with E-state index in [4.69, 9.17) is 5.73 Å². The van der Waals surface area contributed by atoms with E-state index in [1.807, 2.05) is 13.8 Å². The van der Waals surface area contributed by atoms with Crippen LogP contribution in [0.15, 0.2) is 0 Å². The third-order valence-corrected chi connectivity index (χ3v) is 5.16. The Hall–Kier alpha value is -0.130. The van der Waals surface area contributed by atoms with Crippen molar-refractivity contribution in [1.82, 2.24) is 4.72 Å². The van der Waals surface area contributed by atoms with Crippen molar-refractivity contribution < 1.29 is 8.42 Å². The molecule has 96 valence electrons. The molecule has 0 heterocycles. The maximum Gasteiger partial charge on any atom is 0.214 e. The second kappa shape index (κ2) is 5.98. The van der Waals surface area contributed by atoms with Crippen molar-refractivity contribution in [3.63, 3.8) is 0 Å². The van der Waals surface area contributed by atoms with Gasteiger partial charge in [-0.05, 0) is 33.1 Å². The molecule has 4 nitrogen and oxygen atoms in total. The normalized spacial score (nSPS) is 22.9. The standard InChI is InChI=1S/C11H24N2O2S/c1-9(12)8-10(2)13-16(14,15)11-6-4-3-5-7-11/h9-11,13H,3-8,12H2,1-2H3. The lowest BCUT2D eigenvalue weighted by atomic mass is 10.0. The van der Waals surface area contributed by atoms with E-state index < -0.39 is 10.0 Å². The van der Waals surface area contributed by atoms with Gasteiger partial charge in [-0.1, -0.05) is 19.3 Å². The molecule has 2 atom stereocenters. The Bertz CT molecular complexity index is 295. The first-order chi connectivity index (χ1) is 7.42. The lowest BCUT2D eigenvalue weighted by molar-refractivity contribution is 0.464. The number of sulfonamides is 1. The zero-order chi connectivity index (χ0) is 12.2. The topological polar surface area (TPSA) is 72.2 Å². The third-order valence-electron chi connectivity index (χ3n) is 3.08. The van der Waals surface area contributed by atoms with Gasteiger partial charge in [-0.2, -0.15) is 0 Å². The molecule has 1 saturated carbocycles. The highest BCUT2D eigenvalue weighted by Gasteiger charge is 2.28. The second-order valence-corrected chi connectivity index (χ2v) is 7.03. The molecule has 1 rings (SSSR count). The molecular weight excluding hydrogens is 224 g/mol. The Kier molecular flexibility index (Phi) is 5.21. The molecule has 0 spiro atoms. The van der Waals surface area contributed by atoms with Gasteiger partial charge in [-0.25, -0.2) is 13.1 Å². The number of hydrogen-bond acceptors (Lipinski definition) is 3. The predicted molar refractivity (Wildman–Crippen MR) is 66.7 cm³/mol. The smallest absolute Gasteiger partial charge is 0.214 e. The van der Waals surface area contributed by atoms with Crippen LogP contribution in [-0.4, -0.2) is 25.8 Å². The predicted octanol–water partition coefficient (Wildman–Crippen LogP) is 1.36. The van der Waals surface area contributed by atoms with Gasteiger partial charge in [0.15, 0.2) is 0 Å². The monoisotopic (exact) mass is 248 g/mol. The maximum absolute atomic E-state index is 12.0. The third kappa shape index (κ3) is 4.39. The molecule has 5 heteroatoms. The van der Waals surface area contributed by atoms with Gasteiger partial charge in [0, 0.05) is 12.1 Å². The van der Waals surface area contributed by atoms with Gasteiger partial charge in [-0.3, -0.25) is 0 Å². The lowest BCUT2D eigenvalue weighted by Crippen LogP contribution is -2.42. The van der Waals surface area contributed by atoms with E-state index in [1.165, 1.54) is 6.42 Å². The van der Waals surface area contributed by atoms with Crippen LogP contribution < -0.4 is 10.5 Å². The molecule has 16 heavy (non-hydrogen) atoms. The summed E-state index contributed by atoms with van der Waals surface area (Å²) in [6.45, 7) is 3.77. The van der Waals surface area contributed by atoms with E-state index in [-0.39, 0.29) is 17.3 Å². The average molecular weight is 248 g/mol. The van der Waals surface area contributed by atoms with Crippen LogP contribution in [0.2, 0.25) is 0 Å². The summed E-state index contributed by atoms with van der Waals surface area (Å²) in [5.41, 5.74) is 5.66. The van der Waals surface area contributed by atoms with E-state index in [0.29, 0.717) is 6.42 Å². The minimum atomic E-state index is -3.13. The highest BCUT2D eigenvalue weighted by Crippen LogP contribution is 2.23. The fourth-order valence-corrected chi connectivity index (χ4v) is 4.16. The zero-order valence-corrected chi connectivity index (χ0v) is 11.1. The summed E-state index contributed by atoms with van der Waals surface area (Å²) in [4.78, 5) is 0. The van der Waals surface area contributed by atoms with E-state index >= 15 is 0 Å². The van der Waals surface area contributed by atoms with Gasteiger partial charge in [0.1, 0.15) is 0 Å². The van der Waals surface area contributed by atoms with E-state index in [2.05, 4.69) is 4.72 Å². The largest absolute Gasteiger partial charge is 0.328 e. The number of hydrogen-bond donors (Lipinski definition) is 2. The number of nitrogens with one attached hydrogen (secondary N) is 1. The van der Waals surface area contributed by atoms with Crippen molar-refractivity contribution in [2.75, 3.05) is 0 Å². The van der Waals surface area contributed by atoms with Crippen molar-refractivity contribution in [3.8, 4) is 0 Å². The fraction of sp³-hybridized carbons (Fsp3) is 1.00. The maximum atomic E-state index is 12.0. The van der Waals surface area contributed by atoms with Crippen molar-refractivity contribution in [2.45, 2.75) is 69.7 Å². The molecule has 0 bridgehead atoms. The molecule has 1 aliphatic rings. The Morgan fingerprint density at radius 1 is 1.25 bits per heavy atom. The quantitative estimate of drug-likeness (QED) is 0.771. The van der Waals surface area contributed by atoms with E-state index in [1.54, 1.807) is 0 Å². The fourth-order valence-electron chi connectivity index (χ4n) is 2.36. The van der Waals surface area contributed by atoms with Crippen molar-refractivity contribution in [2.24, 2.45) is 5.73 Å². The Morgan fingerprint density at radius 2 is 1.81 bits per heavy atom. The van der Waals surface area contributed by atoms with Gasteiger partial charge in [-0.15, -0.1) is 0 Å². The average Bonchev–Trinajstić information content (AvgIpc) is 2.16. The first kappa shape index (κ1) is 13.9. The molecule has 2 unspecified atom stereocenters. The zero-order valence-electron chi connectivity index (χ0n) is 10.3. The van der Waals surface area contributed by atoms with Crippen LogP contribution in [0.25, 0.3) is 0 Å². The van der Waals surface area contributed by atoms with Crippen LogP contribution in [-0.2, 0) is 10.0 Å². The summed E-state index contributed by atoms with van der Waals surface area (Å²) < 4.78 is 26.8. The highest BCUT2D eigenvalue weighted by atomic mass is 32.2. The van der Waals surface area contributed by atoms with Crippen LogP contribution in [0.1, 0.15) is 52.4 Å². The molecule has 0 amide bonds. The molecule has 1 fully saturated rings. The van der Waals surface area contributed by atoms with Crippen LogP contribution in [0, 0.1) is 0 Å². The van der Waals surface area contributed by atoms with Crippen molar-refractivity contribution >= 4 is 10.0 Å². The van der Waals surface area contributed by atoms with Crippen molar-refractivity contribution in [1.29, 1.82) is 0 Å². The van der Waals surface area contributed by atoms with Crippen LogP contribution in [0.3, 0.4) is 0 Å². The molecular formula is C11H24N2O2S. The molecule has 0 aromatic carbocycles. The minimum Gasteiger partial charge on any atom is -0.328 e. The molecule has 3 N–H and O–H groups in total. The van der Waals surface area contributed by atoms with Gasteiger partial charge in [0.2, 0.25) is 10.0 Å². The van der Waals surface area contributed by atoms with Crippen LogP contribution >= 0.6 is 0 Å². The Morgan fingerprint density at radius 3 is 2.31 bits per heavy atom. The molecule has 0 aromatic heterocycles. The van der Waals surface area contributed by atoms with Gasteiger partial charge in [0.25, 0.3) is 0 Å². The van der Waals surface area contributed by atoms with Crippen LogP contribution in [0.5, 0.6) is 0 Å². The first-order valence-electron chi connectivity index (χ1n) is 6.18. The summed E-state index contributed by atoms with van der Waals surface area (Å²) in [5, 5.41) is -0.184. The summed E-state index contributed by atoms with van der Waals surface area (Å²) >= 11 is 0. The highest BCUT2D eigenvalue weighted by molar-refractivity contribution is 7.90.